The summed E-state index contributed by atoms with van der Waals surface area (Å²) in [6, 6.07) is 17.3. The largest absolute Gasteiger partial charge is 0.478 e. The molecule has 200 valence electrons. The number of alkyl halides is 4. The van der Waals surface area contributed by atoms with Crippen LogP contribution in [0, 0.1) is 5.82 Å². The van der Waals surface area contributed by atoms with Crippen LogP contribution < -0.4 is 0 Å². The fourth-order valence-electron chi connectivity index (χ4n) is 6.37. The number of fused-ring (bicyclic) bond motifs is 3. The molecule has 0 amide bonds. The maximum absolute atomic E-state index is 14.8. The molecule has 1 aliphatic heterocycles. The smallest absolute Gasteiger partial charge is 0.426 e. The molecule has 1 unspecified atom stereocenters. The SMILES string of the molecule is CC(F)(c1ccc2c(c1)CC[C@H]1N(Cc3ccccc3C(=O)O)CC[C@@]21Cc1ccc(F)cc1)C(F)(F)F. The molecule has 3 aromatic carbocycles. The van der Waals surface area contributed by atoms with Crippen molar-refractivity contribution in [2.75, 3.05) is 6.54 Å². The molecule has 1 heterocycles. The Morgan fingerprint density at radius 3 is 2.45 bits per heavy atom. The first-order valence-corrected chi connectivity index (χ1v) is 12.6. The van der Waals surface area contributed by atoms with E-state index in [-0.39, 0.29) is 17.4 Å². The number of nitrogens with zero attached hydrogens (tertiary/aromatic N) is 1. The van der Waals surface area contributed by atoms with Gasteiger partial charge in [-0.15, -0.1) is 0 Å². The van der Waals surface area contributed by atoms with E-state index in [2.05, 4.69) is 4.90 Å². The van der Waals surface area contributed by atoms with Crippen molar-refractivity contribution < 1.29 is 31.9 Å². The minimum atomic E-state index is -5.04. The molecule has 3 atom stereocenters. The average Bonchev–Trinajstić information content (AvgIpc) is 3.22. The van der Waals surface area contributed by atoms with Gasteiger partial charge in [-0.3, -0.25) is 4.90 Å². The fraction of sp³-hybridized carbons (Fsp3) is 0.367. The van der Waals surface area contributed by atoms with E-state index in [0.29, 0.717) is 56.8 Å². The van der Waals surface area contributed by atoms with Crippen molar-refractivity contribution in [2.45, 2.75) is 62.5 Å². The van der Waals surface area contributed by atoms with Gasteiger partial charge in [0.25, 0.3) is 0 Å². The van der Waals surface area contributed by atoms with E-state index in [1.807, 2.05) is 0 Å². The lowest BCUT2D eigenvalue weighted by atomic mass is 9.63. The molecular formula is C30H28F5NO2. The second-order valence-electron chi connectivity index (χ2n) is 10.6. The second-order valence-corrected chi connectivity index (χ2v) is 10.6. The molecule has 2 aliphatic rings. The lowest BCUT2D eigenvalue weighted by molar-refractivity contribution is -0.228. The monoisotopic (exact) mass is 529 g/mol. The van der Waals surface area contributed by atoms with Gasteiger partial charge in [-0.1, -0.05) is 48.5 Å². The summed E-state index contributed by atoms with van der Waals surface area (Å²) in [5.74, 6) is -1.36. The maximum Gasteiger partial charge on any atom is 0.426 e. The van der Waals surface area contributed by atoms with Gasteiger partial charge in [0.05, 0.1) is 5.56 Å². The van der Waals surface area contributed by atoms with Crippen LogP contribution in [-0.4, -0.2) is 34.7 Å². The minimum Gasteiger partial charge on any atom is -0.478 e. The van der Waals surface area contributed by atoms with Crippen molar-refractivity contribution in [3.63, 3.8) is 0 Å². The predicted octanol–water partition coefficient (Wildman–Crippen LogP) is 6.97. The third-order valence-electron chi connectivity index (χ3n) is 8.38. The zero-order valence-corrected chi connectivity index (χ0v) is 20.9. The molecule has 1 saturated heterocycles. The third-order valence-corrected chi connectivity index (χ3v) is 8.38. The van der Waals surface area contributed by atoms with Gasteiger partial charge < -0.3 is 5.11 Å². The fourth-order valence-corrected chi connectivity index (χ4v) is 6.37. The van der Waals surface area contributed by atoms with E-state index in [1.54, 1.807) is 42.5 Å². The summed E-state index contributed by atoms with van der Waals surface area (Å²) < 4.78 is 68.9. The lowest BCUT2D eigenvalue weighted by Gasteiger charge is -2.44. The van der Waals surface area contributed by atoms with E-state index in [4.69, 9.17) is 0 Å². The van der Waals surface area contributed by atoms with Crippen molar-refractivity contribution in [2.24, 2.45) is 0 Å². The Kier molecular flexibility index (Phi) is 6.58. The summed E-state index contributed by atoms with van der Waals surface area (Å²) in [5.41, 5.74) is -0.972. The third kappa shape index (κ3) is 4.49. The van der Waals surface area contributed by atoms with Crippen LogP contribution in [0.1, 0.15) is 57.9 Å². The number of carboxylic acid groups (broad SMARTS) is 1. The number of aryl methyl sites for hydroxylation is 1. The summed E-state index contributed by atoms with van der Waals surface area (Å²) in [4.78, 5) is 14.0. The van der Waals surface area contributed by atoms with E-state index in [0.717, 1.165) is 11.1 Å². The molecule has 3 aromatic rings. The summed E-state index contributed by atoms with van der Waals surface area (Å²) in [5, 5.41) is 9.66. The van der Waals surface area contributed by atoms with E-state index in [9.17, 15) is 31.9 Å². The molecule has 1 fully saturated rings. The number of carbonyl (C=O) groups is 1. The highest BCUT2D eigenvalue weighted by atomic mass is 19.4. The van der Waals surface area contributed by atoms with Gasteiger partial charge in [-0.25, -0.2) is 13.6 Å². The van der Waals surface area contributed by atoms with E-state index in [1.165, 1.54) is 24.3 Å². The highest BCUT2D eigenvalue weighted by Gasteiger charge is 2.55. The first kappa shape index (κ1) is 26.4. The molecule has 0 spiro atoms. The Morgan fingerprint density at radius 1 is 1.05 bits per heavy atom. The Labute approximate surface area is 217 Å². The van der Waals surface area contributed by atoms with Crippen molar-refractivity contribution in [3.05, 3.63) is 106 Å². The molecule has 3 nitrogen and oxygen atoms in total. The quantitative estimate of drug-likeness (QED) is 0.351. The zero-order valence-electron chi connectivity index (χ0n) is 20.9. The Bertz CT molecular complexity index is 1350. The Balaban J connectivity index is 1.56. The number of halogens is 5. The first-order chi connectivity index (χ1) is 17.9. The van der Waals surface area contributed by atoms with Crippen molar-refractivity contribution in [1.29, 1.82) is 0 Å². The molecule has 5 rings (SSSR count). The van der Waals surface area contributed by atoms with Crippen molar-refractivity contribution in [3.8, 4) is 0 Å². The predicted molar refractivity (Wildman–Crippen MR) is 133 cm³/mol. The summed E-state index contributed by atoms with van der Waals surface area (Å²) in [6.45, 7) is 1.62. The van der Waals surface area contributed by atoms with Crippen molar-refractivity contribution in [1.82, 2.24) is 4.90 Å². The second kappa shape index (κ2) is 9.49. The van der Waals surface area contributed by atoms with Gasteiger partial charge in [0.15, 0.2) is 0 Å². The number of hydrogen-bond acceptors (Lipinski definition) is 2. The van der Waals surface area contributed by atoms with Crippen molar-refractivity contribution >= 4 is 5.97 Å². The van der Waals surface area contributed by atoms with Gasteiger partial charge in [-0.05, 0) is 85.2 Å². The highest BCUT2D eigenvalue weighted by molar-refractivity contribution is 5.89. The van der Waals surface area contributed by atoms with Crippen LogP contribution in [0.25, 0.3) is 0 Å². The van der Waals surface area contributed by atoms with Crippen LogP contribution in [0.4, 0.5) is 22.0 Å². The summed E-state index contributed by atoms with van der Waals surface area (Å²) >= 11 is 0. The summed E-state index contributed by atoms with van der Waals surface area (Å²) in [6.07, 6.45) is -2.71. The number of carboxylic acids is 1. The van der Waals surface area contributed by atoms with Gasteiger partial charge in [0.1, 0.15) is 5.82 Å². The molecule has 1 aliphatic carbocycles. The topological polar surface area (TPSA) is 40.5 Å². The zero-order chi connectivity index (χ0) is 27.3. The lowest BCUT2D eigenvalue weighted by Crippen LogP contribution is -2.47. The molecule has 0 radical (unpaired) electrons. The average molecular weight is 530 g/mol. The standard InChI is InChI=1S/C30H28F5NO2/c1-28(32,30(33,34)35)22-9-12-25-20(16-22)8-13-26-29(25,17-19-6-10-23(31)11-7-19)14-15-36(26)18-21-4-2-3-5-24(21)27(37)38/h2-7,9-12,16,26H,8,13-15,17-18H2,1H3,(H,37,38)/t26-,28?,29-/m1/s1. The van der Waals surface area contributed by atoms with E-state index < -0.39 is 28.8 Å². The minimum absolute atomic E-state index is 0.0212. The molecule has 8 heteroatoms. The first-order valence-electron chi connectivity index (χ1n) is 12.6. The van der Waals surface area contributed by atoms with Gasteiger partial charge in [0, 0.05) is 18.0 Å². The van der Waals surface area contributed by atoms with Crippen LogP contribution in [-0.2, 0) is 30.5 Å². The van der Waals surface area contributed by atoms with Crippen LogP contribution in [0.3, 0.4) is 0 Å². The molecule has 1 N–H and O–H groups in total. The normalized spacial score (nSPS) is 22.9. The number of hydrogen-bond donors (Lipinski definition) is 1. The number of aromatic carboxylic acids is 1. The number of rotatable bonds is 6. The maximum atomic E-state index is 14.8. The molecular weight excluding hydrogens is 501 g/mol. The Morgan fingerprint density at radius 2 is 1.76 bits per heavy atom. The number of likely N-dealkylation sites (tertiary alicyclic amines) is 1. The molecule has 0 saturated carbocycles. The van der Waals surface area contributed by atoms with Gasteiger partial charge in [-0.2, -0.15) is 13.2 Å². The number of benzene rings is 3. The van der Waals surface area contributed by atoms with Crippen LogP contribution >= 0.6 is 0 Å². The van der Waals surface area contributed by atoms with Crippen LogP contribution in [0.2, 0.25) is 0 Å². The molecule has 0 aromatic heterocycles. The van der Waals surface area contributed by atoms with Crippen LogP contribution in [0.15, 0.2) is 66.7 Å². The Hall–Kier alpha value is -3.26. The van der Waals surface area contributed by atoms with Crippen LogP contribution in [0.5, 0.6) is 0 Å². The molecule has 38 heavy (non-hydrogen) atoms. The highest BCUT2D eigenvalue weighted by Crippen LogP contribution is 2.51. The van der Waals surface area contributed by atoms with E-state index >= 15 is 0 Å². The summed E-state index contributed by atoms with van der Waals surface area (Å²) in [7, 11) is 0. The molecule has 0 bridgehead atoms. The van der Waals surface area contributed by atoms with Gasteiger partial charge in [0.2, 0.25) is 5.67 Å². The van der Waals surface area contributed by atoms with Gasteiger partial charge >= 0.3 is 12.1 Å².